The molecule has 0 spiro atoms. The Labute approximate surface area is 209 Å². The first-order chi connectivity index (χ1) is 17.6. The largest absolute Gasteiger partial charge is 0.383 e. The number of hydrogen-bond acceptors (Lipinski definition) is 5. The fraction of sp³-hybridized carbons (Fsp3) is 0.214. The van der Waals surface area contributed by atoms with Gasteiger partial charge in [-0.2, -0.15) is 5.10 Å². The molecule has 1 aliphatic carbocycles. The zero-order valence-electron chi connectivity index (χ0n) is 20.5. The molecule has 182 valence electrons. The van der Waals surface area contributed by atoms with Gasteiger partial charge in [-0.1, -0.05) is 56.8 Å². The van der Waals surface area contributed by atoms with Gasteiger partial charge in [0.15, 0.2) is 11.5 Å². The molecule has 0 radical (unpaired) electrons. The topological polar surface area (TPSA) is 94.9 Å². The van der Waals surface area contributed by atoms with Crippen LogP contribution in [-0.4, -0.2) is 36.8 Å². The van der Waals surface area contributed by atoms with E-state index in [4.69, 9.17) is 10.8 Å². The molecule has 1 aliphatic rings. The zero-order chi connectivity index (χ0) is 25.3. The number of carbonyl (C=O) groups excluding carboxylic acids is 1. The Bertz CT molecular complexity index is 1550. The van der Waals surface area contributed by atoms with Crippen molar-refractivity contribution in [3.63, 3.8) is 0 Å². The third kappa shape index (κ3) is 3.80. The Morgan fingerprint density at radius 2 is 1.81 bits per heavy atom. The van der Waals surface area contributed by atoms with Crippen LogP contribution in [0.2, 0.25) is 0 Å². The SMILES string of the molecule is C=CC(=O)N(CC1(n2nc(-n3ccc4ccccc43)c3c(N)ncnc32)CC1)c1ccccc1.CC. The Hall–Kier alpha value is -4.46. The average Bonchev–Trinajstić information content (AvgIpc) is 3.41. The molecule has 8 heteroatoms. The smallest absolute Gasteiger partial charge is 0.250 e. The number of fused-ring (bicyclic) bond motifs is 2. The average molecular weight is 480 g/mol. The fourth-order valence-electron chi connectivity index (χ4n) is 4.61. The fourth-order valence-corrected chi connectivity index (χ4v) is 4.61. The van der Waals surface area contributed by atoms with Crippen molar-refractivity contribution in [2.45, 2.75) is 32.2 Å². The first-order valence-electron chi connectivity index (χ1n) is 12.2. The number of nitrogen functional groups attached to an aromatic ring is 1. The molecule has 1 saturated carbocycles. The number of nitrogens with zero attached hydrogens (tertiary/aromatic N) is 6. The molecule has 1 fully saturated rings. The van der Waals surface area contributed by atoms with Crippen LogP contribution in [0.5, 0.6) is 0 Å². The van der Waals surface area contributed by atoms with Gasteiger partial charge in [-0.3, -0.25) is 9.36 Å². The van der Waals surface area contributed by atoms with Crippen LogP contribution < -0.4 is 10.6 Å². The van der Waals surface area contributed by atoms with Crippen LogP contribution in [0.25, 0.3) is 27.8 Å². The summed E-state index contributed by atoms with van der Waals surface area (Å²) in [5, 5.41) is 6.85. The van der Waals surface area contributed by atoms with Crippen molar-refractivity contribution in [2.24, 2.45) is 0 Å². The number of anilines is 2. The summed E-state index contributed by atoms with van der Waals surface area (Å²) in [6.07, 6.45) is 6.54. The van der Waals surface area contributed by atoms with Crippen molar-refractivity contribution in [1.82, 2.24) is 24.3 Å². The zero-order valence-corrected chi connectivity index (χ0v) is 20.5. The Kier molecular flexibility index (Phi) is 6.01. The van der Waals surface area contributed by atoms with Crippen LogP contribution in [0, 0.1) is 0 Å². The second-order valence-corrected chi connectivity index (χ2v) is 8.63. The van der Waals surface area contributed by atoms with Crippen molar-refractivity contribution in [2.75, 3.05) is 17.2 Å². The van der Waals surface area contributed by atoms with Crippen LogP contribution in [0.1, 0.15) is 26.7 Å². The number of para-hydroxylation sites is 2. The standard InChI is InChI=1S/C26H23N7O.C2H6/c1-2-21(34)32(19-9-4-3-5-10-19)16-26(13-14-26)33-24-22(23(27)28-17-29-24)25(30-33)31-15-12-18-8-6-7-11-20(18)31;1-2/h2-12,15,17H,1,13-14,16H2,(H2,27,28,29);1-2H3. The maximum Gasteiger partial charge on any atom is 0.250 e. The number of hydrogen-bond donors (Lipinski definition) is 1. The molecule has 2 N–H and O–H groups in total. The van der Waals surface area contributed by atoms with E-state index in [1.807, 2.05) is 83.9 Å². The maximum atomic E-state index is 12.8. The summed E-state index contributed by atoms with van der Waals surface area (Å²) in [7, 11) is 0. The third-order valence-electron chi connectivity index (χ3n) is 6.54. The summed E-state index contributed by atoms with van der Waals surface area (Å²) in [5.41, 5.74) is 8.46. The lowest BCUT2D eigenvalue weighted by Crippen LogP contribution is -2.40. The van der Waals surface area contributed by atoms with Gasteiger partial charge in [-0.05, 0) is 48.6 Å². The molecule has 3 heterocycles. The first-order valence-corrected chi connectivity index (χ1v) is 12.2. The monoisotopic (exact) mass is 479 g/mol. The molecule has 6 rings (SSSR count). The molecule has 0 saturated heterocycles. The predicted molar refractivity (Wildman–Crippen MR) is 144 cm³/mol. The summed E-state index contributed by atoms with van der Waals surface area (Å²) in [5.74, 6) is 0.906. The van der Waals surface area contributed by atoms with Crippen molar-refractivity contribution in [3.05, 3.63) is 85.8 Å². The van der Waals surface area contributed by atoms with Gasteiger partial charge in [0, 0.05) is 11.9 Å². The van der Waals surface area contributed by atoms with Crippen LogP contribution in [0.4, 0.5) is 11.5 Å². The number of amides is 1. The molecular weight excluding hydrogens is 450 g/mol. The highest BCUT2D eigenvalue weighted by atomic mass is 16.2. The number of aromatic nitrogens is 5. The van der Waals surface area contributed by atoms with E-state index in [1.54, 1.807) is 4.90 Å². The minimum atomic E-state index is -0.394. The van der Waals surface area contributed by atoms with Gasteiger partial charge in [0.1, 0.15) is 17.5 Å². The molecule has 0 unspecified atom stereocenters. The number of rotatable bonds is 6. The molecule has 5 aromatic rings. The van der Waals surface area contributed by atoms with Gasteiger partial charge in [0.2, 0.25) is 5.91 Å². The van der Waals surface area contributed by atoms with Crippen molar-refractivity contribution in [3.8, 4) is 5.82 Å². The summed E-state index contributed by atoms with van der Waals surface area (Å²) < 4.78 is 3.96. The van der Waals surface area contributed by atoms with E-state index in [0.29, 0.717) is 29.2 Å². The highest BCUT2D eigenvalue weighted by Crippen LogP contribution is 2.47. The van der Waals surface area contributed by atoms with Crippen LogP contribution >= 0.6 is 0 Å². The van der Waals surface area contributed by atoms with Crippen molar-refractivity contribution >= 4 is 39.3 Å². The number of nitrogens with two attached hydrogens (primary N) is 1. The van der Waals surface area contributed by atoms with Crippen LogP contribution in [0.3, 0.4) is 0 Å². The normalized spacial score (nSPS) is 13.7. The molecule has 3 aromatic heterocycles. The Balaban J connectivity index is 0.00000130. The van der Waals surface area contributed by atoms with E-state index >= 15 is 0 Å². The molecule has 0 atom stereocenters. The van der Waals surface area contributed by atoms with Crippen molar-refractivity contribution in [1.29, 1.82) is 0 Å². The van der Waals surface area contributed by atoms with Crippen LogP contribution in [-0.2, 0) is 10.3 Å². The summed E-state index contributed by atoms with van der Waals surface area (Å²) in [6, 6.07) is 19.8. The van der Waals surface area contributed by atoms with Gasteiger partial charge in [-0.15, -0.1) is 0 Å². The lowest BCUT2D eigenvalue weighted by Gasteiger charge is -2.27. The van der Waals surface area contributed by atoms with Gasteiger partial charge >= 0.3 is 0 Å². The molecule has 36 heavy (non-hydrogen) atoms. The Morgan fingerprint density at radius 3 is 2.53 bits per heavy atom. The highest BCUT2D eigenvalue weighted by Gasteiger charge is 2.49. The Morgan fingerprint density at radius 1 is 1.08 bits per heavy atom. The molecule has 2 aromatic carbocycles. The van der Waals surface area contributed by atoms with E-state index in [1.165, 1.54) is 12.4 Å². The van der Waals surface area contributed by atoms with E-state index in [-0.39, 0.29) is 5.91 Å². The van der Waals surface area contributed by atoms with E-state index in [9.17, 15) is 4.79 Å². The first kappa shape index (κ1) is 23.3. The predicted octanol–water partition coefficient (Wildman–Crippen LogP) is 5.09. The van der Waals surface area contributed by atoms with E-state index < -0.39 is 5.54 Å². The highest BCUT2D eigenvalue weighted by molar-refractivity contribution is 6.01. The number of benzene rings is 2. The molecular formula is C28H29N7O. The van der Waals surface area contributed by atoms with Gasteiger partial charge < -0.3 is 10.6 Å². The second-order valence-electron chi connectivity index (χ2n) is 8.63. The summed E-state index contributed by atoms with van der Waals surface area (Å²) in [6.45, 7) is 8.16. The lowest BCUT2D eigenvalue weighted by atomic mass is 10.2. The second kappa shape index (κ2) is 9.30. The molecule has 8 nitrogen and oxygen atoms in total. The summed E-state index contributed by atoms with van der Waals surface area (Å²) >= 11 is 0. The van der Waals surface area contributed by atoms with Crippen molar-refractivity contribution < 1.29 is 4.79 Å². The van der Waals surface area contributed by atoms with E-state index in [2.05, 4.69) is 22.6 Å². The molecule has 1 amide bonds. The number of carbonyl (C=O) groups is 1. The summed E-state index contributed by atoms with van der Waals surface area (Å²) in [4.78, 5) is 23.4. The molecule has 0 aliphatic heterocycles. The van der Waals surface area contributed by atoms with Gasteiger partial charge in [-0.25, -0.2) is 14.6 Å². The molecule has 0 bridgehead atoms. The quantitative estimate of drug-likeness (QED) is 0.343. The van der Waals surface area contributed by atoms with Gasteiger partial charge in [0.25, 0.3) is 0 Å². The minimum Gasteiger partial charge on any atom is -0.383 e. The van der Waals surface area contributed by atoms with E-state index in [0.717, 1.165) is 29.4 Å². The lowest BCUT2D eigenvalue weighted by molar-refractivity contribution is -0.114. The maximum absolute atomic E-state index is 12.8. The minimum absolute atomic E-state index is 0.153. The van der Waals surface area contributed by atoms with Gasteiger partial charge in [0.05, 0.1) is 17.6 Å². The third-order valence-corrected chi connectivity index (χ3v) is 6.54. The van der Waals surface area contributed by atoms with Crippen LogP contribution in [0.15, 0.2) is 85.8 Å².